The quantitative estimate of drug-likeness (QED) is 0.449. The predicted molar refractivity (Wildman–Crippen MR) is 108 cm³/mol. The number of benzene rings is 1. The molecule has 0 fully saturated rings. The molecule has 2 aromatic rings. The summed E-state index contributed by atoms with van der Waals surface area (Å²) in [5.41, 5.74) is 5.12. The predicted octanol–water partition coefficient (Wildman–Crippen LogP) is 5.84. The zero-order chi connectivity index (χ0) is 17.9. The van der Waals surface area contributed by atoms with Gasteiger partial charge in [0.25, 0.3) is 0 Å². The van der Waals surface area contributed by atoms with Gasteiger partial charge in [-0.05, 0) is 51.3 Å². The molecular formula is C22H27N3. The Bertz CT molecular complexity index is 798. The molecule has 25 heavy (non-hydrogen) atoms. The summed E-state index contributed by atoms with van der Waals surface area (Å²) >= 11 is 0. The fourth-order valence-electron chi connectivity index (χ4n) is 2.53. The van der Waals surface area contributed by atoms with E-state index in [1.54, 1.807) is 0 Å². The van der Waals surface area contributed by atoms with Crippen molar-refractivity contribution >= 4 is 16.7 Å². The molecule has 0 aliphatic carbocycles. The van der Waals surface area contributed by atoms with E-state index in [1.165, 1.54) is 0 Å². The van der Waals surface area contributed by atoms with Crippen LogP contribution in [0, 0.1) is 0 Å². The lowest BCUT2D eigenvalue weighted by Gasteiger charge is -2.05. The summed E-state index contributed by atoms with van der Waals surface area (Å²) in [7, 11) is 0. The van der Waals surface area contributed by atoms with E-state index >= 15 is 0 Å². The van der Waals surface area contributed by atoms with Gasteiger partial charge in [0, 0.05) is 17.6 Å². The molecule has 0 atom stereocenters. The number of fused-ring (bicyclic) bond motifs is 1. The molecule has 0 unspecified atom stereocenters. The van der Waals surface area contributed by atoms with Crippen LogP contribution in [0.15, 0.2) is 71.5 Å². The number of allylic oxidation sites excluding steroid dienone is 6. The molecular weight excluding hydrogens is 306 g/mol. The number of aryl methyl sites for hydroxylation is 1. The molecule has 1 aromatic heterocycles. The number of rotatable bonds is 8. The Morgan fingerprint density at radius 1 is 1.08 bits per heavy atom. The summed E-state index contributed by atoms with van der Waals surface area (Å²) in [6, 6.07) is 7.98. The van der Waals surface area contributed by atoms with Gasteiger partial charge in [-0.2, -0.15) is 0 Å². The van der Waals surface area contributed by atoms with Crippen LogP contribution >= 0.6 is 0 Å². The van der Waals surface area contributed by atoms with Crippen LogP contribution in [0.1, 0.15) is 45.7 Å². The summed E-state index contributed by atoms with van der Waals surface area (Å²) in [5, 5.41) is 0. The first-order valence-corrected chi connectivity index (χ1v) is 8.99. The van der Waals surface area contributed by atoms with Crippen molar-refractivity contribution in [2.45, 2.75) is 46.5 Å². The van der Waals surface area contributed by atoms with E-state index in [9.17, 15) is 0 Å². The zero-order valence-corrected chi connectivity index (χ0v) is 15.4. The average Bonchev–Trinajstić information content (AvgIpc) is 2.65. The summed E-state index contributed by atoms with van der Waals surface area (Å²) in [6.45, 7) is 6.24. The Morgan fingerprint density at radius 2 is 1.88 bits per heavy atom. The maximum Gasteiger partial charge on any atom is 0.0890 e. The van der Waals surface area contributed by atoms with Crippen molar-refractivity contribution in [1.82, 2.24) is 9.97 Å². The van der Waals surface area contributed by atoms with E-state index in [2.05, 4.69) is 30.1 Å². The maximum absolute atomic E-state index is 4.84. The molecule has 0 radical (unpaired) electrons. The average molecular weight is 333 g/mol. The Balaban J connectivity index is 2.08. The van der Waals surface area contributed by atoms with Gasteiger partial charge in [0.15, 0.2) is 0 Å². The monoisotopic (exact) mass is 333 g/mol. The first kappa shape index (κ1) is 18.8. The van der Waals surface area contributed by atoms with Crippen LogP contribution in [-0.4, -0.2) is 15.7 Å². The second-order valence-corrected chi connectivity index (χ2v) is 5.87. The van der Waals surface area contributed by atoms with Gasteiger partial charge >= 0.3 is 0 Å². The lowest BCUT2D eigenvalue weighted by Crippen LogP contribution is -1.97. The van der Waals surface area contributed by atoms with Crippen molar-refractivity contribution in [3.63, 3.8) is 0 Å². The molecule has 0 aliphatic rings. The summed E-state index contributed by atoms with van der Waals surface area (Å²) < 4.78 is 0. The van der Waals surface area contributed by atoms with E-state index in [4.69, 9.17) is 9.98 Å². The van der Waals surface area contributed by atoms with Crippen molar-refractivity contribution in [3.8, 4) is 0 Å². The minimum Gasteiger partial charge on any atom is -0.258 e. The number of para-hydroxylation sites is 2. The van der Waals surface area contributed by atoms with Gasteiger partial charge in [0.1, 0.15) is 0 Å². The Hall–Kier alpha value is -2.55. The maximum atomic E-state index is 4.84. The fraction of sp³-hybridized carbons (Fsp3) is 0.318. The molecule has 0 aliphatic heterocycles. The van der Waals surface area contributed by atoms with Gasteiger partial charge in [-0.25, -0.2) is 4.98 Å². The van der Waals surface area contributed by atoms with Crippen LogP contribution in [0.2, 0.25) is 0 Å². The third-order valence-corrected chi connectivity index (χ3v) is 3.85. The normalized spacial score (nSPS) is 13.4. The second-order valence-electron chi connectivity index (χ2n) is 5.87. The van der Waals surface area contributed by atoms with E-state index in [-0.39, 0.29) is 0 Å². The van der Waals surface area contributed by atoms with Gasteiger partial charge in [-0.1, -0.05) is 49.8 Å². The number of aliphatic imine (C=N–C) groups is 1. The molecule has 1 heterocycles. The largest absolute Gasteiger partial charge is 0.258 e. The summed E-state index contributed by atoms with van der Waals surface area (Å²) in [5.74, 6) is 0. The van der Waals surface area contributed by atoms with Crippen LogP contribution in [0.5, 0.6) is 0 Å². The molecule has 0 bridgehead atoms. The van der Waals surface area contributed by atoms with E-state index in [1.807, 2.05) is 56.5 Å². The molecule has 3 heteroatoms. The second kappa shape index (κ2) is 10.3. The van der Waals surface area contributed by atoms with Crippen LogP contribution < -0.4 is 0 Å². The van der Waals surface area contributed by atoms with Crippen LogP contribution in [-0.2, 0) is 6.42 Å². The van der Waals surface area contributed by atoms with Gasteiger partial charge in [-0.15, -0.1) is 0 Å². The van der Waals surface area contributed by atoms with Gasteiger partial charge < -0.3 is 0 Å². The van der Waals surface area contributed by atoms with Crippen molar-refractivity contribution < 1.29 is 0 Å². The molecule has 130 valence electrons. The number of aromatic nitrogens is 2. The molecule has 1 aromatic carbocycles. The van der Waals surface area contributed by atoms with Crippen LogP contribution in [0.4, 0.5) is 0 Å². The fourth-order valence-corrected chi connectivity index (χ4v) is 2.53. The number of hydrogen-bond donors (Lipinski definition) is 0. The highest BCUT2D eigenvalue weighted by Crippen LogP contribution is 2.13. The Kier molecular flexibility index (Phi) is 7.77. The van der Waals surface area contributed by atoms with Gasteiger partial charge in [-0.3, -0.25) is 9.98 Å². The topological polar surface area (TPSA) is 38.1 Å². The Labute approximate surface area is 150 Å². The molecule has 0 N–H and O–H groups in total. The summed E-state index contributed by atoms with van der Waals surface area (Å²) in [4.78, 5) is 14.0. The first-order valence-electron chi connectivity index (χ1n) is 8.99. The molecule has 0 saturated carbocycles. The van der Waals surface area contributed by atoms with Crippen LogP contribution in [0.3, 0.4) is 0 Å². The zero-order valence-electron chi connectivity index (χ0n) is 15.4. The molecule has 2 rings (SSSR count). The number of hydrogen-bond acceptors (Lipinski definition) is 3. The first-order chi connectivity index (χ1) is 12.3. The molecule has 0 spiro atoms. The van der Waals surface area contributed by atoms with Gasteiger partial charge in [0.2, 0.25) is 0 Å². The van der Waals surface area contributed by atoms with Crippen molar-refractivity contribution in [3.05, 3.63) is 72.2 Å². The molecule has 0 saturated heterocycles. The van der Waals surface area contributed by atoms with E-state index in [0.29, 0.717) is 0 Å². The lowest BCUT2D eigenvalue weighted by atomic mass is 10.1. The van der Waals surface area contributed by atoms with Gasteiger partial charge in [0.05, 0.1) is 16.7 Å². The van der Waals surface area contributed by atoms with Crippen molar-refractivity contribution in [2.24, 2.45) is 4.99 Å². The Morgan fingerprint density at radius 3 is 2.60 bits per heavy atom. The van der Waals surface area contributed by atoms with E-state index < -0.39 is 0 Å². The highest BCUT2D eigenvalue weighted by Gasteiger charge is 2.03. The molecule has 0 amide bonds. The van der Waals surface area contributed by atoms with Crippen LogP contribution in [0.25, 0.3) is 11.0 Å². The van der Waals surface area contributed by atoms with Crippen molar-refractivity contribution in [1.29, 1.82) is 0 Å². The highest BCUT2D eigenvalue weighted by atomic mass is 14.8. The minimum atomic E-state index is 0.846. The van der Waals surface area contributed by atoms with Crippen molar-refractivity contribution in [2.75, 3.05) is 0 Å². The molecule has 3 nitrogen and oxygen atoms in total. The minimum absolute atomic E-state index is 0.846. The van der Waals surface area contributed by atoms with E-state index in [0.717, 1.165) is 53.8 Å². The third-order valence-electron chi connectivity index (χ3n) is 3.85. The lowest BCUT2D eigenvalue weighted by molar-refractivity contribution is 0.881. The highest BCUT2D eigenvalue weighted by molar-refractivity contribution is 5.95. The third kappa shape index (κ3) is 6.11. The SMILES string of the molecule is C\C=C/C=C\C(CCC)=N/C(=C\C)CCc1cnc2ccccc2n1. The summed E-state index contributed by atoms with van der Waals surface area (Å²) in [6.07, 6.45) is 16.0. The standard InChI is InChI=1S/C22H27N3/c1-4-7-8-12-19(11-5-2)24-18(6-3)15-16-20-17-23-21-13-9-10-14-22(21)25-20/h4,6-10,12-14,17H,5,11,15-16H2,1-3H3/b7-4-,12-8-,18-6-,24-19-. The number of nitrogens with zero attached hydrogens (tertiary/aromatic N) is 3. The smallest absolute Gasteiger partial charge is 0.0890 e.